The van der Waals surface area contributed by atoms with Gasteiger partial charge in [-0.05, 0) is 74.3 Å². The molecular formula is C26H40N2O2. The number of carbonyl (C=O) groups excluding carboxylic acids is 1. The average Bonchev–Trinajstić information content (AvgIpc) is 2.74. The summed E-state index contributed by atoms with van der Waals surface area (Å²) in [5, 5.41) is 2.79. The van der Waals surface area contributed by atoms with Gasteiger partial charge in [0.05, 0.1) is 5.60 Å². The Morgan fingerprint density at radius 2 is 1.60 bits per heavy atom. The van der Waals surface area contributed by atoms with E-state index < -0.39 is 0 Å². The maximum atomic E-state index is 10.6. The van der Waals surface area contributed by atoms with Crippen LogP contribution in [0.15, 0.2) is 48.5 Å². The van der Waals surface area contributed by atoms with Gasteiger partial charge >= 0.3 is 0 Å². The largest absolute Gasteiger partial charge is 0.376 e. The summed E-state index contributed by atoms with van der Waals surface area (Å²) in [4.78, 5) is 10.6. The van der Waals surface area contributed by atoms with Crippen LogP contribution in [0.25, 0.3) is 11.1 Å². The van der Waals surface area contributed by atoms with Gasteiger partial charge in [-0.1, -0.05) is 56.3 Å². The smallest absolute Gasteiger partial charge is 0.207 e. The molecule has 0 saturated carbocycles. The SMILES string of the molecule is CC.CC(C)(C)OCCC(CCNC=O)Cc1cccc(-c2cccc(CN)c2)c1. The van der Waals surface area contributed by atoms with Crippen molar-refractivity contribution in [1.29, 1.82) is 0 Å². The quantitative estimate of drug-likeness (QED) is 0.387. The fourth-order valence-corrected chi connectivity index (χ4v) is 3.32. The van der Waals surface area contributed by atoms with E-state index in [1.54, 1.807) is 0 Å². The molecule has 3 N–H and O–H groups in total. The second kappa shape index (κ2) is 13.9. The topological polar surface area (TPSA) is 64.3 Å². The first-order valence-electron chi connectivity index (χ1n) is 11.1. The van der Waals surface area contributed by atoms with Crippen molar-refractivity contribution in [2.24, 2.45) is 11.7 Å². The van der Waals surface area contributed by atoms with Gasteiger partial charge in [-0.25, -0.2) is 0 Å². The van der Waals surface area contributed by atoms with Gasteiger partial charge in [0, 0.05) is 19.7 Å². The van der Waals surface area contributed by atoms with Crippen LogP contribution in [-0.2, 0) is 22.5 Å². The summed E-state index contributed by atoms with van der Waals surface area (Å²) in [6.07, 6.45) is 3.66. The van der Waals surface area contributed by atoms with Gasteiger partial charge in [0.15, 0.2) is 0 Å². The monoisotopic (exact) mass is 412 g/mol. The molecule has 0 spiro atoms. The molecule has 1 atom stereocenters. The second-order valence-electron chi connectivity index (χ2n) is 8.29. The molecule has 0 fully saturated rings. The molecule has 2 aromatic rings. The fourth-order valence-electron chi connectivity index (χ4n) is 3.32. The summed E-state index contributed by atoms with van der Waals surface area (Å²) in [6, 6.07) is 17.1. The lowest BCUT2D eigenvalue weighted by atomic mass is 9.91. The number of ether oxygens (including phenoxy) is 1. The van der Waals surface area contributed by atoms with Crippen molar-refractivity contribution in [3.63, 3.8) is 0 Å². The van der Waals surface area contributed by atoms with E-state index in [1.807, 2.05) is 13.8 Å². The molecule has 4 nitrogen and oxygen atoms in total. The summed E-state index contributed by atoms with van der Waals surface area (Å²) in [7, 11) is 0. The van der Waals surface area contributed by atoms with Crippen molar-refractivity contribution in [3.05, 3.63) is 59.7 Å². The molecule has 2 aromatic carbocycles. The van der Waals surface area contributed by atoms with Gasteiger partial charge < -0.3 is 15.8 Å². The van der Waals surface area contributed by atoms with Crippen LogP contribution in [0.2, 0.25) is 0 Å². The van der Waals surface area contributed by atoms with Crippen molar-refractivity contribution in [3.8, 4) is 11.1 Å². The molecule has 0 aliphatic heterocycles. The standard InChI is InChI=1S/C24H34N2O2.C2H6/c1-24(2,3)28-13-11-19(10-12-26-18-27)14-20-6-4-8-22(15-20)23-9-5-7-21(16-23)17-25;1-2/h4-9,15-16,18-19H,10-14,17,25H2,1-3H3,(H,26,27);1-2H3. The summed E-state index contributed by atoms with van der Waals surface area (Å²) in [5.41, 5.74) is 10.5. The van der Waals surface area contributed by atoms with Crippen molar-refractivity contribution >= 4 is 6.41 Å². The van der Waals surface area contributed by atoms with Crippen LogP contribution >= 0.6 is 0 Å². The van der Waals surface area contributed by atoms with E-state index in [4.69, 9.17) is 10.5 Å². The number of amides is 1. The van der Waals surface area contributed by atoms with Crippen LogP contribution in [0, 0.1) is 5.92 Å². The molecule has 0 aliphatic carbocycles. The Morgan fingerprint density at radius 1 is 1.00 bits per heavy atom. The molecule has 0 heterocycles. The van der Waals surface area contributed by atoms with E-state index >= 15 is 0 Å². The lowest BCUT2D eigenvalue weighted by Gasteiger charge is -2.23. The third kappa shape index (κ3) is 10.0. The van der Waals surface area contributed by atoms with Crippen LogP contribution in [0.5, 0.6) is 0 Å². The number of benzene rings is 2. The van der Waals surface area contributed by atoms with Crippen LogP contribution in [-0.4, -0.2) is 25.2 Å². The highest BCUT2D eigenvalue weighted by Gasteiger charge is 2.14. The maximum Gasteiger partial charge on any atom is 0.207 e. The number of hydrogen-bond acceptors (Lipinski definition) is 3. The summed E-state index contributed by atoms with van der Waals surface area (Å²) in [6.45, 7) is 12.2. The molecule has 1 amide bonds. The van der Waals surface area contributed by atoms with Gasteiger partial charge in [0.1, 0.15) is 0 Å². The summed E-state index contributed by atoms with van der Waals surface area (Å²) in [5.74, 6) is 0.459. The molecule has 0 bridgehead atoms. The third-order valence-corrected chi connectivity index (χ3v) is 4.79. The minimum Gasteiger partial charge on any atom is -0.376 e. The molecule has 0 aromatic heterocycles. The van der Waals surface area contributed by atoms with Gasteiger partial charge in [-0.3, -0.25) is 4.79 Å². The van der Waals surface area contributed by atoms with Crippen molar-refractivity contribution < 1.29 is 9.53 Å². The van der Waals surface area contributed by atoms with Crippen LogP contribution < -0.4 is 11.1 Å². The Morgan fingerprint density at radius 3 is 2.17 bits per heavy atom. The molecule has 166 valence electrons. The van der Waals surface area contributed by atoms with E-state index in [0.717, 1.165) is 37.8 Å². The van der Waals surface area contributed by atoms with Crippen LogP contribution in [0.1, 0.15) is 58.6 Å². The van der Waals surface area contributed by atoms with Crippen molar-refractivity contribution in [2.75, 3.05) is 13.2 Å². The lowest BCUT2D eigenvalue weighted by Crippen LogP contribution is -2.23. The molecule has 0 radical (unpaired) electrons. The van der Waals surface area contributed by atoms with Crippen molar-refractivity contribution in [2.45, 2.75) is 66.0 Å². The predicted octanol–water partition coefficient (Wildman–Crippen LogP) is 5.34. The Kier molecular flexibility index (Phi) is 12.0. The minimum absolute atomic E-state index is 0.125. The third-order valence-electron chi connectivity index (χ3n) is 4.79. The zero-order valence-electron chi connectivity index (χ0n) is 19.4. The summed E-state index contributed by atoms with van der Waals surface area (Å²) < 4.78 is 5.92. The normalized spacial score (nSPS) is 11.9. The summed E-state index contributed by atoms with van der Waals surface area (Å²) >= 11 is 0. The number of rotatable bonds is 11. The molecule has 4 heteroatoms. The molecule has 0 saturated heterocycles. The molecule has 30 heavy (non-hydrogen) atoms. The minimum atomic E-state index is -0.125. The highest BCUT2D eigenvalue weighted by atomic mass is 16.5. The highest BCUT2D eigenvalue weighted by molar-refractivity contribution is 5.65. The number of hydrogen-bond donors (Lipinski definition) is 2. The first-order chi connectivity index (χ1) is 14.4. The van der Waals surface area contributed by atoms with E-state index in [9.17, 15) is 4.79 Å². The Hall–Kier alpha value is -2.17. The van der Waals surface area contributed by atoms with Crippen molar-refractivity contribution in [1.82, 2.24) is 5.32 Å². The van der Waals surface area contributed by atoms with Gasteiger partial charge in [-0.2, -0.15) is 0 Å². The number of nitrogens with two attached hydrogens (primary N) is 1. The van der Waals surface area contributed by atoms with Crippen LogP contribution in [0.4, 0.5) is 0 Å². The van der Waals surface area contributed by atoms with Gasteiger partial charge in [0.2, 0.25) is 6.41 Å². The average molecular weight is 413 g/mol. The number of carbonyl (C=O) groups is 1. The lowest BCUT2D eigenvalue weighted by molar-refractivity contribution is -0.109. The second-order valence-corrected chi connectivity index (χ2v) is 8.29. The first-order valence-corrected chi connectivity index (χ1v) is 11.1. The van der Waals surface area contributed by atoms with Gasteiger partial charge in [0.25, 0.3) is 0 Å². The van der Waals surface area contributed by atoms with E-state index in [-0.39, 0.29) is 5.60 Å². The zero-order valence-corrected chi connectivity index (χ0v) is 19.4. The van der Waals surface area contributed by atoms with E-state index in [2.05, 4.69) is 74.6 Å². The van der Waals surface area contributed by atoms with E-state index in [0.29, 0.717) is 19.0 Å². The maximum absolute atomic E-state index is 10.6. The fraction of sp³-hybridized carbons (Fsp3) is 0.500. The predicted molar refractivity (Wildman–Crippen MR) is 127 cm³/mol. The molecule has 2 rings (SSSR count). The highest BCUT2D eigenvalue weighted by Crippen LogP contribution is 2.24. The first kappa shape index (κ1) is 25.9. The zero-order chi connectivity index (χ0) is 22.4. The van der Waals surface area contributed by atoms with Gasteiger partial charge in [-0.15, -0.1) is 0 Å². The Labute approximate surface area is 183 Å². The molecule has 1 unspecified atom stereocenters. The number of nitrogens with one attached hydrogen (secondary N) is 1. The Balaban J connectivity index is 0.00000218. The van der Waals surface area contributed by atoms with Crippen LogP contribution in [0.3, 0.4) is 0 Å². The Bertz CT molecular complexity index is 738. The molecular weight excluding hydrogens is 372 g/mol. The molecule has 0 aliphatic rings. The van der Waals surface area contributed by atoms with E-state index in [1.165, 1.54) is 16.7 Å².